The number of hydrogen-bond acceptors (Lipinski definition) is 4. The maximum Gasteiger partial charge on any atom is 0.290 e. The smallest absolute Gasteiger partial charge is 0.290 e. The number of furan rings is 1. The number of carbonyl (C=O) groups is 3. The number of rotatable bonds is 3. The van der Waals surface area contributed by atoms with Crippen molar-refractivity contribution >= 4 is 29.1 Å². The summed E-state index contributed by atoms with van der Waals surface area (Å²) in [6.45, 7) is 1.75. The summed E-state index contributed by atoms with van der Waals surface area (Å²) in [4.78, 5) is 40.6. The number of halogens is 1. The number of likely N-dealkylation sites (N-methyl/N-ethyl adjacent to an activating group) is 1. The second-order valence-corrected chi connectivity index (χ2v) is 8.37. The molecule has 0 spiro atoms. The van der Waals surface area contributed by atoms with Gasteiger partial charge < -0.3 is 9.32 Å². The molecule has 2 aliphatic rings. The summed E-state index contributed by atoms with van der Waals surface area (Å²) in [7, 11) is 1.64. The summed E-state index contributed by atoms with van der Waals surface area (Å²) in [6, 6.07) is 7.21. The van der Waals surface area contributed by atoms with Gasteiger partial charge in [0.2, 0.25) is 0 Å². The number of benzene rings is 1. The molecule has 1 unspecified atom stereocenters. The lowest BCUT2D eigenvalue weighted by molar-refractivity contribution is -0.132. The first-order valence-corrected chi connectivity index (χ1v) is 10.5. The SMILES string of the molecule is Cc1c(C(=O)N(C)C2(c3ccccc3Cl)CCCCC2=O)oc2c1C(=O)CCC2. The zero-order valence-electron chi connectivity index (χ0n) is 16.7. The van der Waals surface area contributed by atoms with Crippen molar-refractivity contribution in [1.82, 2.24) is 4.90 Å². The van der Waals surface area contributed by atoms with E-state index in [2.05, 4.69) is 0 Å². The molecule has 2 aromatic rings. The van der Waals surface area contributed by atoms with Gasteiger partial charge in [-0.2, -0.15) is 0 Å². The lowest BCUT2D eigenvalue weighted by atomic mass is 9.74. The van der Waals surface area contributed by atoms with Crippen molar-refractivity contribution in [1.29, 1.82) is 0 Å². The molecule has 6 heteroatoms. The second-order valence-electron chi connectivity index (χ2n) is 7.97. The summed E-state index contributed by atoms with van der Waals surface area (Å²) in [5.41, 5.74) is 0.624. The van der Waals surface area contributed by atoms with Crippen molar-refractivity contribution in [3.63, 3.8) is 0 Å². The van der Waals surface area contributed by atoms with Crippen LogP contribution in [0.25, 0.3) is 0 Å². The Bertz CT molecular complexity index is 1010. The van der Waals surface area contributed by atoms with Crippen LogP contribution in [0, 0.1) is 6.92 Å². The molecule has 1 heterocycles. The van der Waals surface area contributed by atoms with Gasteiger partial charge in [0, 0.05) is 42.5 Å². The molecule has 5 nitrogen and oxygen atoms in total. The molecule has 0 N–H and O–H groups in total. The van der Waals surface area contributed by atoms with Gasteiger partial charge in [-0.15, -0.1) is 0 Å². The van der Waals surface area contributed by atoms with Crippen molar-refractivity contribution < 1.29 is 18.8 Å². The Hall–Kier alpha value is -2.40. The second kappa shape index (κ2) is 7.45. The van der Waals surface area contributed by atoms with E-state index in [1.165, 1.54) is 4.90 Å². The molecule has 0 radical (unpaired) electrons. The van der Waals surface area contributed by atoms with Gasteiger partial charge in [-0.05, 0) is 38.7 Å². The highest BCUT2D eigenvalue weighted by Gasteiger charge is 2.49. The normalized spacial score (nSPS) is 21.8. The molecular weight excluding hydrogens is 390 g/mol. The van der Waals surface area contributed by atoms with E-state index in [0.717, 1.165) is 19.3 Å². The van der Waals surface area contributed by atoms with Gasteiger partial charge in [0.05, 0.1) is 5.56 Å². The molecule has 1 aromatic carbocycles. The van der Waals surface area contributed by atoms with E-state index in [-0.39, 0.29) is 23.2 Å². The van der Waals surface area contributed by atoms with Crippen LogP contribution in [0.15, 0.2) is 28.7 Å². The maximum atomic E-state index is 13.6. The number of amides is 1. The molecular formula is C23H24ClNO4. The Morgan fingerprint density at radius 3 is 2.55 bits per heavy atom. The van der Waals surface area contributed by atoms with Crippen molar-refractivity contribution in [3.8, 4) is 0 Å². The molecule has 0 bridgehead atoms. The summed E-state index contributed by atoms with van der Waals surface area (Å²) in [5, 5.41) is 0.466. The van der Waals surface area contributed by atoms with Crippen molar-refractivity contribution in [2.24, 2.45) is 0 Å². The van der Waals surface area contributed by atoms with Crippen molar-refractivity contribution in [2.75, 3.05) is 7.05 Å². The predicted octanol–water partition coefficient (Wildman–Crippen LogP) is 4.87. The number of nitrogens with zero attached hydrogens (tertiary/aromatic N) is 1. The van der Waals surface area contributed by atoms with E-state index in [1.54, 1.807) is 20.0 Å². The van der Waals surface area contributed by atoms with Crippen LogP contribution in [-0.4, -0.2) is 29.4 Å². The van der Waals surface area contributed by atoms with E-state index in [0.29, 0.717) is 53.2 Å². The number of aryl methyl sites for hydroxylation is 1. The Morgan fingerprint density at radius 2 is 1.86 bits per heavy atom. The molecule has 152 valence electrons. The largest absolute Gasteiger partial charge is 0.455 e. The summed E-state index contributed by atoms with van der Waals surface area (Å²) in [6.07, 6.45) is 4.37. The monoisotopic (exact) mass is 413 g/mol. The molecule has 1 fully saturated rings. The Balaban J connectivity index is 1.81. The zero-order valence-corrected chi connectivity index (χ0v) is 17.5. The highest BCUT2D eigenvalue weighted by atomic mass is 35.5. The summed E-state index contributed by atoms with van der Waals surface area (Å²) in [5.74, 6) is 0.344. The molecule has 1 atom stereocenters. The quantitative estimate of drug-likeness (QED) is 0.719. The first-order chi connectivity index (χ1) is 13.9. The van der Waals surface area contributed by atoms with Crippen LogP contribution in [0.3, 0.4) is 0 Å². The predicted molar refractivity (Wildman–Crippen MR) is 109 cm³/mol. The number of Topliss-reactive ketones (excluding diaryl/α,β-unsaturated/α-hetero) is 2. The van der Waals surface area contributed by atoms with Crippen LogP contribution in [0.5, 0.6) is 0 Å². The average molecular weight is 414 g/mol. The molecule has 1 amide bonds. The minimum atomic E-state index is -1.13. The van der Waals surface area contributed by atoms with E-state index < -0.39 is 5.54 Å². The van der Waals surface area contributed by atoms with Gasteiger partial charge in [-0.1, -0.05) is 29.8 Å². The highest BCUT2D eigenvalue weighted by Crippen LogP contribution is 2.43. The highest BCUT2D eigenvalue weighted by molar-refractivity contribution is 6.31. The zero-order chi connectivity index (χ0) is 20.8. The Morgan fingerprint density at radius 1 is 1.10 bits per heavy atom. The van der Waals surface area contributed by atoms with Crippen LogP contribution in [0.2, 0.25) is 5.02 Å². The standard InChI is InChI=1S/C23H24ClNO4/c1-14-20-17(26)10-7-11-18(20)29-21(14)22(28)25(2)23(13-6-5-12-19(23)27)15-8-3-4-9-16(15)24/h3-4,8-9H,5-7,10-13H2,1-2H3. The third-order valence-electron chi connectivity index (χ3n) is 6.35. The molecule has 1 aromatic heterocycles. The van der Waals surface area contributed by atoms with Crippen LogP contribution in [-0.2, 0) is 16.8 Å². The van der Waals surface area contributed by atoms with Crippen LogP contribution >= 0.6 is 11.6 Å². The van der Waals surface area contributed by atoms with Crippen LogP contribution < -0.4 is 0 Å². The van der Waals surface area contributed by atoms with Crippen LogP contribution in [0.1, 0.15) is 76.3 Å². The Kier molecular flexibility index (Phi) is 5.11. The molecule has 2 aliphatic carbocycles. The van der Waals surface area contributed by atoms with E-state index in [4.69, 9.17) is 16.0 Å². The fraction of sp³-hybridized carbons (Fsp3) is 0.435. The topological polar surface area (TPSA) is 67.6 Å². The lowest BCUT2D eigenvalue weighted by Gasteiger charge is -2.43. The number of carbonyl (C=O) groups excluding carboxylic acids is 3. The lowest BCUT2D eigenvalue weighted by Crippen LogP contribution is -2.54. The van der Waals surface area contributed by atoms with Crippen molar-refractivity contribution in [3.05, 3.63) is 57.5 Å². The average Bonchev–Trinajstić information content (AvgIpc) is 3.06. The minimum absolute atomic E-state index is 0.0160. The molecule has 0 saturated heterocycles. The van der Waals surface area contributed by atoms with E-state index >= 15 is 0 Å². The van der Waals surface area contributed by atoms with Gasteiger partial charge in [0.1, 0.15) is 11.3 Å². The summed E-state index contributed by atoms with van der Waals surface area (Å²) < 4.78 is 5.87. The molecule has 29 heavy (non-hydrogen) atoms. The maximum absolute atomic E-state index is 13.6. The Labute approximate surface area is 175 Å². The minimum Gasteiger partial charge on any atom is -0.455 e. The van der Waals surface area contributed by atoms with Crippen molar-refractivity contribution in [2.45, 2.75) is 57.4 Å². The number of ketones is 2. The number of fused-ring (bicyclic) bond motifs is 1. The van der Waals surface area contributed by atoms with E-state index in [9.17, 15) is 14.4 Å². The third kappa shape index (κ3) is 3.03. The van der Waals surface area contributed by atoms with Gasteiger partial charge >= 0.3 is 0 Å². The number of hydrogen-bond donors (Lipinski definition) is 0. The molecule has 1 saturated carbocycles. The fourth-order valence-electron chi connectivity index (χ4n) is 4.81. The first-order valence-electron chi connectivity index (χ1n) is 10.1. The van der Waals surface area contributed by atoms with Crippen LogP contribution in [0.4, 0.5) is 0 Å². The first kappa shape index (κ1) is 19.9. The van der Waals surface area contributed by atoms with Gasteiger partial charge in [0.25, 0.3) is 5.91 Å². The van der Waals surface area contributed by atoms with Gasteiger partial charge in [0.15, 0.2) is 17.3 Å². The summed E-state index contributed by atoms with van der Waals surface area (Å²) >= 11 is 6.48. The third-order valence-corrected chi connectivity index (χ3v) is 6.68. The van der Waals surface area contributed by atoms with E-state index in [1.807, 2.05) is 18.2 Å². The fourth-order valence-corrected chi connectivity index (χ4v) is 5.10. The molecule has 0 aliphatic heterocycles. The van der Waals surface area contributed by atoms with Gasteiger partial charge in [-0.3, -0.25) is 14.4 Å². The van der Waals surface area contributed by atoms with Gasteiger partial charge in [-0.25, -0.2) is 0 Å². The molecule has 4 rings (SSSR count).